The summed E-state index contributed by atoms with van der Waals surface area (Å²) in [4.78, 5) is 14.2. The fourth-order valence-electron chi connectivity index (χ4n) is 3.00. The number of ether oxygens (including phenoxy) is 2. The largest absolute Gasteiger partial charge is 0.493 e. The molecule has 7 nitrogen and oxygen atoms in total. The van der Waals surface area contributed by atoms with Gasteiger partial charge in [0.25, 0.3) is 0 Å². The van der Waals surface area contributed by atoms with Crippen molar-refractivity contribution in [1.29, 1.82) is 0 Å². The number of amides is 1. The van der Waals surface area contributed by atoms with Gasteiger partial charge in [-0.25, -0.2) is 8.42 Å². The van der Waals surface area contributed by atoms with Crippen LogP contribution >= 0.6 is 0 Å². The zero-order valence-electron chi connectivity index (χ0n) is 15.3. The molecule has 2 rings (SSSR count). The molecule has 1 fully saturated rings. The first kappa shape index (κ1) is 19.4. The fraction of sp³-hybridized carbons (Fsp3) is 0.588. The number of carbonyl (C=O) groups excluding carboxylic acids is 1. The fourth-order valence-corrected chi connectivity index (χ4v) is 4.77. The molecule has 1 aromatic rings. The number of rotatable bonds is 6. The molecule has 0 bridgehead atoms. The standard InChI is InChI=1S/C17H26N2O5S/c1-11-8-15(23-4)16(24-5)9-14(11)18-12(2)17(20)19(3)13-6-7-25(21,22)10-13/h8-9,12-13,18H,6-7,10H2,1-5H3/t12-,13-/m0/s1. The molecule has 140 valence electrons. The van der Waals surface area contributed by atoms with Crippen LogP contribution in [0, 0.1) is 6.92 Å². The van der Waals surface area contributed by atoms with Crippen LogP contribution in [0.5, 0.6) is 11.5 Å². The molecule has 1 heterocycles. The number of methoxy groups -OCH3 is 2. The van der Waals surface area contributed by atoms with Gasteiger partial charge in [0.1, 0.15) is 6.04 Å². The van der Waals surface area contributed by atoms with Crippen LogP contribution in [-0.4, -0.2) is 64.1 Å². The van der Waals surface area contributed by atoms with Crippen molar-refractivity contribution in [3.05, 3.63) is 17.7 Å². The minimum atomic E-state index is -3.03. The number of nitrogens with zero attached hydrogens (tertiary/aromatic N) is 1. The second-order valence-electron chi connectivity index (χ2n) is 6.39. The van der Waals surface area contributed by atoms with Crippen molar-refractivity contribution in [1.82, 2.24) is 4.90 Å². The van der Waals surface area contributed by atoms with Crippen LogP contribution in [0.3, 0.4) is 0 Å². The van der Waals surface area contributed by atoms with E-state index < -0.39 is 15.9 Å². The molecule has 1 aliphatic heterocycles. The second-order valence-corrected chi connectivity index (χ2v) is 8.62. The Kier molecular flexibility index (Phi) is 5.82. The molecule has 2 atom stereocenters. The van der Waals surface area contributed by atoms with Gasteiger partial charge in [-0.15, -0.1) is 0 Å². The Morgan fingerprint density at radius 2 is 1.88 bits per heavy atom. The number of hydrogen-bond donors (Lipinski definition) is 1. The summed E-state index contributed by atoms with van der Waals surface area (Å²) in [6.45, 7) is 3.67. The van der Waals surface area contributed by atoms with Gasteiger partial charge in [-0.1, -0.05) is 0 Å². The third-order valence-electron chi connectivity index (χ3n) is 4.58. The predicted molar refractivity (Wildman–Crippen MR) is 97.2 cm³/mol. The number of likely N-dealkylation sites (N-methyl/N-ethyl adjacent to an activating group) is 1. The molecule has 1 amide bonds. The van der Waals surface area contributed by atoms with Crippen LogP contribution in [0.2, 0.25) is 0 Å². The van der Waals surface area contributed by atoms with Gasteiger partial charge < -0.3 is 19.7 Å². The summed E-state index contributed by atoms with van der Waals surface area (Å²) in [6.07, 6.45) is 0.493. The quantitative estimate of drug-likeness (QED) is 0.816. The summed E-state index contributed by atoms with van der Waals surface area (Å²) in [5, 5.41) is 3.18. The topological polar surface area (TPSA) is 84.9 Å². The first-order valence-electron chi connectivity index (χ1n) is 8.14. The van der Waals surface area contributed by atoms with E-state index in [0.29, 0.717) is 17.9 Å². The Balaban J connectivity index is 2.11. The highest BCUT2D eigenvalue weighted by molar-refractivity contribution is 7.91. The number of carbonyl (C=O) groups is 1. The normalized spacial score (nSPS) is 20.0. The monoisotopic (exact) mass is 370 g/mol. The van der Waals surface area contributed by atoms with Crippen molar-refractivity contribution in [2.45, 2.75) is 32.4 Å². The summed E-state index contributed by atoms with van der Waals surface area (Å²) in [5.74, 6) is 1.24. The molecule has 1 N–H and O–H groups in total. The van der Waals surface area contributed by atoms with Gasteiger partial charge in [0.05, 0.1) is 25.7 Å². The minimum absolute atomic E-state index is 0.0390. The minimum Gasteiger partial charge on any atom is -0.493 e. The Hall–Kier alpha value is -1.96. The average Bonchev–Trinajstić information content (AvgIpc) is 2.94. The molecule has 1 saturated heterocycles. The Morgan fingerprint density at radius 3 is 2.40 bits per heavy atom. The van der Waals surface area contributed by atoms with E-state index in [1.807, 2.05) is 13.0 Å². The zero-order chi connectivity index (χ0) is 18.8. The van der Waals surface area contributed by atoms with Crippen LogP contribution < -0.4 is 14.8 Å². The maximum Gasteiger partial charge on any atom is 0.244 e. The Labute approximate surface area is 149 Å². The molecule has 0 aromatic heterocycles. The van der Waals surface area contributed by atoms with Crippen LogP contribution in [0.25, 0.3) is 0 Å². The van der Waals surface area contributed by atoms with E-state index in [-0.39, 0.29) is 23.5 Å². The highest BCUT2D eigenvalue weighted by Crippen LogP contribution is 2.33. The van der Waals surface area contributed by atoms with E-state index in [1.165, 1.54) is 4.90 Å². The second kappa shape index (κ2) is 7.51. The molecule has 1 aliphatic rings. The van der Waals surface area contributed by atoms with E-state index in [9.17, 15) is 13.2 Å². The first-order chi connectivity index (χ1) is 11.7. The zero-order valence-corrected chi connectivity index (χ0v) is 16.1. The average molecular weight is 370 g/mol. The van der Waals surface area contributed by atoms with Crippen molar-refractivity contribution in [3.63, 3.8) is 0 Å². The van der Waals surface area contributed by atoms with E-state index in [0.717, 1.165) is 11.3 Å². The Bertz CT molecular complexity index is 748. The van der Waals surface area contributed by atoms with E-state index in [2.05, 4.69) is 5.32 Å². The molecule has 0 spiro atoms. The first-order valence-corrected chi connectivity index (χ1v) is 9.97. The van der Waals surface area contributed by atoms with Crippen molar-refractivity contribution < 1.29 is 22.7 Å². The van der Waals surface area contributed by atoms with Gasteiger partial charge in [-0.3, -0.25) is 4.79 Å². The Morgan fingerprint density at radius 1 is 1.28 bits per heavy atom. The molecule has 8 heteroatoms. The maximum absolute atomic E-state index is 12.6. The summed E-state index contributed by atoms with van der Waals surface area (Å²) >= 11 is 0. The SMILES string of the molecule is COc1cc(C)c(N[C@@H](C)C(=O)N(C)[C@H]2CCS(=O)(=O)C2)cc1OC. The van der Waals surface area contributed by atoms with E-state index in [4.69, 9.17) is 9.47 Å². The van der Waals surface area contributed by atoms with Gasteiger partial charge in [0.2, 0.25) is 5.91 Å². The molecule has 25 heavy (non-hydrogen) atoms. The highest BCUT2D eigenvalue weighted by Gasteiger charge is 2.34. The van der Waals surface area contributed by atoms with Gasteiger partial charge in [-0.05, 0) is 31.9 Å². The number of nitrogens with one attached hydrogen (secondary N) is 1. The lowest BCUT2D eigenvalue weighted by atomic mass is 10.1. The molecule has 0 radical (unpaired) electrons. The van der Waals surface area contributed by atoms with Crippen molar-refractivity contribution in [2.24, 2.45) is 0 Å². The lowest BCUT2D eigenvalue weighted by Crippen LogP contribution is -2.45. The van der Waals surface area contributed by atoms with Crippen molar-refractivity contribution >= 4 is 21.4 Å². The number of aryl methyl sites for hydroxylation is 1. The summed E-state index contributed by atoms with van der Waals surface area (Å²) in [6, 6.07) is 2.88. The van der Waals surface area contributed by atoms with E-state index >= 15 is 0 Å². The van der Waals surface area contributed by atoms with Gasteiger partial charge in [0, 0.05) is 24.8 Å². The molecular weight excluding hydrogens is 344 g/mol. The predicted octanol–water partition coefficient (Wildman–Crippen LogP) is 1.46. The summed E-state index contributed by atoms with van der Waals surface area (Å²) in [5.41, 5.74) is 1.69. The lowest BCUT2D eigenvalue weighted by Gasteiger charge is -2.28. The third kappa shape index (κ3) is 4.36. The van der Waals surface area contributed by atoms with Crippen LogP contribution in [0.4, 0.5) is 5.69 Å². The molecule has 1 aromatic carbocycles. The lowest BCUT2D eigenvalue weighted by molar-refractivity contribution is -0.132. The van der Waals surface area contributed by atoms with Gasteiger partial charge in [0.15, 0.2) is 21.3 Å². The van der Waals surface area contributed by atoms with Gasteiger partial charge in [-0.2, -0.15) is 0 Å². The third-order valence-corrected chi connectivity index (χ3v) is 6.33. The van der Waals surface area contributed by atoms with Crippen LogP contribution in [0.15, 0.2) is 12.1 Å². The molecular formula is C17H26N2O5S. The van der Waals surface area contributed by atoms with E-state index in [1.54, 1.807) is 34.3 Å². The maximum atomic E-state index is 12.6. The molecule has 0 aliphatic carbocycles. The molecule has 0 saturated carbocycles. The molecule has 0 unspecified atom stereocenters. The van der Waals surface area contributed by atoms with Crippen molar-refractivity contribution in [3.8, 4) is 11.5 Å². The number of sulfone groups is 1. The summed E-state index contributed by atoms with van der Waals surface area (Å²) < 4.78 is 33.8. The van der Waals surface area contributed by atoms with Crippen LogP contribution in [0.1, 0.15) is 18.9 Å². The van der Waals surface area contributed by atoms with Crippen LogP contribution in [-0.2, 0) is 14.6 Å². The van der Waals surface area contributed by atoms with Crippen molar-refractivity contribution in [2.75, 3.05) is 38.1 Å². The number of hydrogen-bond acceptors (Lipinski definition) is 6. The number of anilines is 1. The smallest absolute Gasteiger partial charge is 0.244 e. The summed E-state index contributed by atoms with van der Waals surface area (Å²) in [7, 11) is 1.76. The highest BCUT2D eigenvalue weighted by atomic mass is 32.2. The van der Waals surface area contributed by atoms with Gasteiger partial charge >= 0.3 is 0 Å². The number of benzene rings is 1.